The van der Waals surface area contributed by atoms with E-state index in [1.807, 2.05) is 79.1 Å². The minimum Gasteiger partial charge on any atom is -0.304 e. The zero-order valence-corrected chi connectivity index (χ0v) is 20.1. The first-order valence-electron chi connectivity index (χ1n) is 11.4. The number of fused-ring (bicyclic) bond motifs is 4. The first-order chi connectivity index (χ1) is 17.0. The Balaban J connectivity index is 1.63. The second kappa shape index (κ2) is 8.32. The van der Waals surface area contributed by atoms with Gasteiger partial charge < -0.3 is 4.57 Å². The van der Waals surface area contributed by atoms with E-state index in [-0.39, 0.29) is 5.56 Å². The molecular weight excluding hydrogens is 458 g/mol. The zero-order valence-electron chi connectivity index (χ0n) is 19.4. The summed E-state index contributed by atoms with van der Waals surface area (Å²) in [4.78, 5) is 28.6. The molecule has 0 bridgehead atoms. The fraction of sp³-hybridized carbons (Fsp3) is 0.143. The van der Waals surface area contributed by atoms with Crippen molar-refractivity contribution in [2.45, 2.75) is 26.9 Å². The van der Waals surface area contributed by atoms with Crippen molar-refractivity contribution in [1.29, 1.82) is 0 Å². The highest BCUT2D eigenvalue weighted by Crippen LogP contribution is 2.27. The van der Waals surface area contributed by atoms with Crippen LogP contribution in [-0.4, -0.2) is 24.1 Å². The molecule has 0 atom stereocenters. The van der Waals surface area contributed by atoms with E-state index in [0.717, 1.165) is 22.2 Å². The van der Waals surface area contributed by atoms with E-state index in [4.69, 9.17) is 26.6 Å². The topological polar surface area (TPSA) is 65.6 Å². The van der Waals surface area contributed by atoms with Crippen molar-refractivity contribution in [1.82, 2.24) is 24.1 Å². The highest BCUT2D eigenvalue weighted by molar-refractivity contribution is 6.30. The summed E-state index contributed by atoms with van der Waals surface area (Å²) in [6.45, 7) is 4.86. The minimum atomic E-state index is -0.113. The number of benzene rings is 3. The Kier molecular flexibility index (Phi) is 5.11. The van der Waals surface area contributed by atoms with E-state index in [9.17, 15) is 4.79 Å². The van der Waals surface area contributed by atoms with Crippen molar-refractivity contribution in [3.05, 3.63) is 111 Å². The molecule has 0 radical (unpaired) electrons. The molecule has 0 aliphatic heterocycles. The van der Waals surface area contributed by atoms with E-state index in [0.29, 0.717) is 46.1 Å². The number of aromatic nitrogens is 5. The van der Waals surface area contributed by atoms with Crippen LogP contribution in [0, 0.1) is 13.8 Å². The van der Waals surface area contributed by atoms with Crippen molar-refractivity contribution in [3.63, 3.8) is 0 Å². The van der Waals surface area contributed by atoms with Gasteiger partial charge in [-0.3, -0.25) is 9.36 Å². The van der Waals surface area contributed by atoms with Crippen molar-refractivity contribution in [2.24, 2.45) is 0 Å². The molecule has 0 unspecified atom stereocenters. The van der Waals surface area contributed by atoms with Gasteiger partial charge in [0.25, 0.3) is 5.56 Å². The fourth-order valence-electron chi connectivity index (χ4n) is 4.48. The molecule has 0 spiro atoms. The zero-order chi connectivity index (χ0) is 24.1. The summed E-state index contributed by atoms with van der Waals surface area (Å²) >= 11 is 6.10. The Bertz CT molecular complexity index is 1780. The SMILES string of the molecule is Cc1ccc(Cn2c(C)nc3c(c2=O)c2nc4ccccc4nc2n3Cc2ccc(Cl)cc2)cc1. The van der Waals surface area contributed by atoms with E-state index in [1.165, 1.54) is 5.56 Å². The lowest BCUT2D eigenvalue weighted by molar-refractivity contribution is 0.707. The van der Waals surface area contributed by atoms with E-state index >= 15 is 0 Å². The highest BCUT2D eigenvalue weighted by atomic mass is 35.5. The van der Waals surface area contributed by atoms with Crippen LogP contribution in [0.3, 0.4) is 0 Å². The maximum atomic E-state index is 13.9. The smallest absolute Gasteiger partial charge is 0.265 e. The lowest BCUT2D eigenvalue weighted by Crippen LogP contribution is -2.24. The number of rotatable bonds is 4. The average molecular weight is 480 g/mol. The quantitative estimate of drug-likeness (QED) is 0.327. The summed E-state index contributed by atoms with van der Waals surface area (Å²) < 4.78 is 3.70. The average Bonchev–Trinajstić information content (AvgIpc) is 3.15. The highest BCUT2D eigenvalue weighted by Gasteiger charge is 2.21. The number of para-hydroxylation sites is 2. The summed E-state index contributed by atoms with van der Waals surface area (Å²) in [5.74, 6) is 0.646. The Morgan fingerprint density at radius 3 is 2.00 bits per heavy atom. The molecule has 172 valence electrons. The van der Waals surface area contributed by atoms with Gasteiger partial charge >= 0.3 is 0 Å². The summed E-state index contributed by atoms with van der Waals surface area (Å²) in [7, 11) is 0. The normalized spacial score (nSPS) is 11.6. The predicted octanol–water partition coefficient (Wildman–Crippen LogP) is 5.66. The van der Waals surface area contributed by atoms with Gasteiger partial charge in [0.1, 0.15) is 16.7 Å². The minimum absolute atomic E-state index is 0.113. The molecule has 6 aromatic rings. The summed E-state index contributed by atoms with van der Waals surface area (Å²) in [6.07, 6.45) is 0. The number of aryl methyl sites for hydroxylation is 2. The predicted molar refractivity (Wildman–Crippen MR) is 140 cm³/mol. The van der Waals surface area contributed by atoms with Crippen LogP contribution in [0.25, 0.3) is 33.2 Å². The first-order valence-corrected chi connectivity index (χ1v) is 11.8. The number of hydrogen-bond donors (Lipinski definition) is 0. The largest absolute Gasteiger partial charge is 0.304 e. The van der Waals surface area contributed by atoms with Crippen LogP contribution in [0.1, 0.15) is 22.5 Å². The molecule has 0 aliphatic rings. The fourth-order valence-corrected chi connectivity index (χ4v) is 4.61. The molecule has 3 heterocycles. The molecule has 0 fully saturated rings. The van der Waals surface area contributed by atoms with E-state index in [2.05, 4.69) is 12.1 Å². The van der Waals surface area contributed by atoms with Gasteiger partial charge in [0.2, 0.25) is 0 Å². The monoisotopic (exact) mass is 479 g/mol. The van der Waals surface area contributed by atoms with Crippen molar-refractivity contribution >= 4 is 44.8 Å². The van der Waals surface area contributed by atoms with Gasteiger partial charge in [0, 0.05) is 5.02 Å². The second-order valence-corrected chi connectivity index (χ2v) is 9.27. The van der Waals surface area contributed by atoms with E-state index < -0.39 is 0 Å². The molecular formula is C28H22ClN5O. The number of hydrogen-bond acceptors (Lipinski definition) is 4. The van der Waals surface area contributed by atoms with Crippen LogP contribution in [0.2, 0.25) is 5.02 Å². The Hall–Kier alpha value is -4.03. The van der Waals surface area contributed by atoms with Gasteiger partial charge in [-0.05, 0) is 49.2 Å². The Labute approximate surface area is 206 Å². The van der Waals surface area contributed by atoms with Crippen LogP contribution in [0.4, 0.5) is 0 Å². The van der Waals surface area contributed by atoms with Gasteiger partial charge in [-0.15, -0.1) is 0 Å². The van der Waals surface area contributed by atoms with Gasteiger partial charge in [0.15, 0.2) is 11.3 Å². The number of nitrogens with zero attached hydrogens (tertiary/aromatic N) is 5. The van der Waals surface area contributed by atoms with Crippen LogP contribution in [0.15, 0.2) is 77.6 Å². The maximum absolute atomic E-state index is 13.9. The third-order valence-electron chi connectivity index (χ3n) is 6.36. The molecule has 6 rings (SSSR count). The van der Waals surface area contributed by atoms with Crippen LogP contribution in [0.5, 0.6) is 0 Å². The third-order valence-corrected chi connectivity index (χ3v) is 6.61. The molecule has 0 saturated heterocycles. The summed E-state index contributed by atoms with van der Waals surface area (Å²) in [5, 5.41) is 1.17. The molecule has 35 heavy (non-hydrogen) atoms. The van der Waals surface area contributed by atoms with E-state index in [1.54, 1.807) is 4.57 Å². The maximum Gasteiger partial charge on any atom is 0.265 e. The Morgan fingerprint density at radius 2 is 1.31 bits per heavy atom. The van der Waals surface area contributed by atoms with Crippen LogP contribution in [-0.2, 0) is 13.1 Å². The molecule has 3 aromatic heterocycles. The summed E-state index contributed by atoms with van der Waals surface area (Å²) in [5.41, 5.74) is 6.47. The standard InChI is InChI=1S/C28H22ClN5O/c1-17-7-9-19(10-8-17)15-33-18(2)30-26-24(28(33)35)25-27(32-23-6-4-3-5-22(23)31-25)34(26)16-20-11-13-21(29)14-12-20/h3-14H,15-16H2,1-2H3. The molecule has 6 nitrogen and oxygen atoms in total. The molecule has 0 N–H and O–H groups in total. The number of halogens is 1. The molecule has 7 heteroatoms. The van der Waals surface area contributed by atoms with Crippen molar-refractivity contribution in [2.75, 3.05) is 0 Å². The van der Waals surface area contributed by atoms with Gasteiger partial charge in [0.05, 0.1) is 24.1 Å². The molecule has 0 saturated carbocycles. The summed E-state index contributed by atoms with van der Waals surface area (Å²) in [6, 6.07) is 23.6. The Morgan fingerprint density at radius 1 is 0.714 bits per heavy atom. The second-order valence-electron chi connectivity index (χ2n) is 8.83. The van der Waals surface area contributed by atoms with Gasteiger partial charge in [-0.25, -0.2) is 15.0 Å². The lowest BCUT2D eigenvalue weighted by atomic mass is 10.1. The molecule has 0 amide bonds. The van der Waals surface area contributed by atoms with Gasteiger partial charge in [-0.2, -0.15) is 0 Å². The van der Waals surface area contributed by atoms with Crippen LogP contribution >= 0.6 is 11.6 Å². The lowest BCUT2D eigenvalue weighted by Gasteiger charge is -2.11. The first kappa shape index (κ1) is 21.5. The van der Waals surface area contributed by atoms with Gasteiger partial charge in [-0.1, -0.05) is 65.7 Å². The van der Waals surface area contributed by atoms with Crippen molar-refractivity contribution < 1.29 is 0 Å². The molecule has 0 aliphatic carbocycles. The third kappa shape index (κ3) is 3.76. The molecule has 3 aromatic carbocycles. The van der Waals surface area contributed by atoms with Crippen molar-refractivity contribution in [3.8, 4) is 0 Å². The van der Waals surface area contributed by atoms with Crippen LogP contribution < -0.4 is 5.56 Å².